The molecule has 0 aliphatic carbocycles. The van der Waals surface area contributed by atoms with E-state index in [9.17, 15) is 0 Å². The highest BCUT2D eigenvalue weighted by atomic mass is 35.6. The number of benzene rings is 1. The second-order valence-corrected chi connectivity index (χ2v) is 9.36. The fourth-order valence-electron chi connectivity index (χ4n) is 1.11. The molecule has 0 saturated heterocycles. The third-order valence-corrected chi connectivity index (χ3v) is 6.39. The predicted octanol–water partition coefficient (Wildman–Crippen LogP) is 2.95. The zero-order chi connectivity index (χ0) is 9.03. The Morgan fingerprint density at radius 2 is 1.83 bits per heavy atom. The van der Waals surface area contributed by atoms with Crippen LogP contribution in [0.1, 0.15) is 0 Å². The monoisotopic (exact) mass is 218 g/mol. The first-order chi connectivity index (χ1) is 5.67. The average Bonchev–Trinajstić information content (AvgIpc) is 2.06. The highest BCUT2D eigenvalue weighted by Crippen LogP contribution is 2.15. The van der Waals surface area contributed by atoms with Gasteiger partial charge < -0.3 is 0 Å². The summed E-state index contributed by atoms with van der Waals surface area (Å²) in [6.45, 7) is 2.13. The second-order valence-electron chi connectivity index (χ2n) is 3.00. The van der Waals surface area contributed by atoms with Crippen molar-refractivity contribution in [1.29, 1.82) is 0 Å². The van der Waals surface area contributed by atoms with Gasteiger partial charge in [0.2, 0.25) is 0 Å². The maximum Gasteiger partial charge on any atom is 0.185 e. The molecule has 1 atom stereocenters. The van der Waals surface area contributed by atoms with Gasteiger partial charge >= 0.3 is 0 Å². The minimum absolute atomic E-state index is 0.654. The number of hydrogen-bond donors (Lipinski definition) is 0. The summed E-state index contributed by atoms with van der Waals surface area (Å²) in [6.07, 6.45) is 0. The van der Waals surface area contributed by atoms with Crippen molar-refractivity contribution in [3.63, 3.8) is 0 Å². The fraction of sp³-hybridized carbons (Fsp3) is 0.333. The van der Waals surface area contributed by atoms with Gasteiger partial charge in [0, 0.05) is 5.88 Å². The van der Waals surface area contributed by atoms with E-state index in [0.717, 1.165) is 6.04 Å². The molecule has 1 rings (SSSR count). The molecule has 1 unspecified atom stereocenters. The van der Waals surface area contributed by atoms with Crippen molar-refractivity contribution in [2.45, 2.75) is 12.6 Å². The third kappa shape index (κ3) is 2.51. The molecule has 0 radical (unpaired) electrons. The van der Waals surface area contributed by atoms with Crippen LogP contribution in [-0.2, 0) is 0 Å². The molecule has 0 fully saturated rings. The Morgan fingerprint density at radius 1 is 1.25 bits per heavy atom. The van der Waals surface area contributed by atoms with Gasteiger partial charge in [-0.05, 0) is 11.2 Å². The number of rotatable bonds is 3. The van der Waals surface area contributed by atoms with Crippen molar-refractivity contribution < 1.29 is 0 Å². The normalized spacial score (nSPS) is 15.6. The van der Waals surface area contributed by atoms with Gasteiger partial charge in [0.05, 0.1) is 0 Å². The number of halogens is 2. The molecule has 0 heterocycles. The minimum Gasteiger partial charge on any atom is -0.161 e. The first-order valence-corrected chi connectivity index (χ1v) is 8.22. The van der Waals surface area contributed by atoms with Crippen LogP contribution in [0.15, 0.2) is 30.3 Å². The van der Waals surface area contributed by atoms with Crippen molar-refractivity contribution in [2.75, 3.05) is 5.88 Å². The lowest BCUT2D eigenvalue weighted by Gasteiger charge is -2.17. The van der Waals surface area contributed by atoms with Gasteiger partial charge in [0.1, 0.15) is 0 Å². The summed E-state index contributed by atoms with van der Waals surface area (Å²) in [6, 6.07) is 11.2. The zero-order valence-corrected chi connectivity index (χ0v) is 9.57. The van der Waals surface area contributed by atoms with Crippen LogP contribution in [0.4, 0.5) is 0 Å². The quantitative estimate of drug-likeness (QED) is 0.416. The van der Waals surface area contributed by atoms with Gasteiger partial charge in [-0.15, -0.1) is 11.6 Å². The van der Waals surface area contributed by atoms with Crippen LogP contribution in [-0.4, -0.2) is 13.3 Å². The topological polar surface area (TPSA) is 0 Å². The Bertz CT molecular complexity index is 234. The summed E-state index contributed by atoms with van der Waals surface area (Å²) in [4.78, 5) is 0. The van der Waals surface area contributed by atoms with Crippen LogP contribution in [0.2, 0.25) is 12.6 Å². The summed E-state index contributed by atoms with van der Waals surface area (Å²) < 4.78 is 0. The molecule has 1 aromatic carbocycles. The Labute approximate surface area is 84.2 Å². The lowest BCUT2D eigenvalue weighted by atomic mass is 10.4. The highest BCUT2D eigenvalue weighted by molar-refractivity contribution is 7.26. The molecule has 0 bridgehead atoms. The van der Waals surface area contributed by atoms with Crippen molar-refractivity contribution in [3.05, 3.63) is 30.3 Å². The Kier molecular flexibility index (Phi) is 3.63. The number of alkyl halides is 1. The van der Waals surface area contributed by atoms with Crippen LogP contribution in [0.25, 0.3) is 0 Å². The Hall–Kier alpha value is 0.0169. The fourth-order valence-corrected chi connectivity index (χ4v) is 4.72. The summed E-state index contributed by atoms with van der Waals surface area (Å²) in [5, 5.41) is 1.27. The molecule has 0 saturated carbocycles. The van der Waals surface area contributed by atoms with E-state index in [1.54, 1.807) is 0 Å². The van der Waals surface area contributed by atoms with Crippen LogP contribution in [0, 0.1) is 0 Å². The molecule has 0 spiro atoms. The average molecular weight is 219 g/mol. The van der Waals surface area contributed by atoms with Gasteiger partial charge in [0.15, 0.2) is 7.38 Å². The predicted molar refractivity (Wildman–Crippen MR) is 59.1 cm³/mol. The molecule has 0 nitrogen and oxygen atoms in total. The summed E-state index contributed by atoms with van der Waals surface area (Å²) >= 11 is 12.1. The first kappa shape index (κ1) is 10.1. The van der Waals surface area contributed by atoms with E-state index in [0.29, 0.717) is 5.88 Å². The summed E-state index contributed by atoms with van der Waals surface area (Å²) in [7, 11) is -1.74. The van der Waals surface area contributed by atoms with E-state index in [1.165, 1.54) is 5.19 Å². The molecule has 3 heteroatoms. The lowest BCUT2D eigenvalue weighted by Crippen LogP contribution is -2.38. The van der Waals surface area contributed by atoms with Crippen LogP contribution >= 0.6 is 22.7 Å². The van der Waals surface area contributed by atoms with E-state index < -0.39 is 7.38 Å². The van der Waals surface area contributed by atoms with Crippen molar-refractivity contribution in [3.8, 4) is 0 Å². The van der Waals surface area contributed by atoms with E-state index in [1.807, 2.05) is 18.2 Å². The molecule has 0 aliphatic rings. The zero-order valence-electron chi connectivity index (χ0n) is 7.06. The Balaban J connectivity index is 2.82. The van der Waals surface area contributed by atoms with Gasteiger partial charge in [-0.2, -0.15) is 11.1 Å². The van der Waals surface area contributed by atoms with Crippen molar-refractivity contribution >= 4 is 35.3 Å². The van der Waals surface area contributed by atoms with Gasteiger partial charge in [-0.1, -0.05) is 36.9 Å². The maximum atomic E-state index is 6.42. The van der Waals surface area contributed by atoms with E-state index >= 15 is 0 Å². The van der Waals surface area contributed by atoms with Gasteiger partial charge in [-0.3, -0.25) is 0 Å². The molecule has 0 aromatic heterocycles. The lowest BCUT2D eigenvalue weighted by molar-refractivity contribution is 1.42. The Morgan fingerprint density at radius 3 is 2.33 bits per heavy atom. The van der Waals surface area contributed by atoms with Crippen molar-refractivity contribution in [1.82, 2.24) is 0 Å². The van der Waals surface area contributed by atoms with Gasteiger partial charge in [0.25, 0.3) is 0 Å². The van der Waals surface area contributed by atoms with Crippen LogP contribution in [0.5, 0.6) is 0 Å². The molecule has 66 valence electrons. The molecule has 1 aromatic rings. The molecular weight excluding hydrogens is 207 g/mol. The standard InChI is InChI=1S/C9H12Cl2Si/c1-12(11,8-7-10)9-5-3-2-4-6-9/h2-6H,7-8H2,1H3. The second kappa shape index (κ2) is 4.31. The molecule has 0 amide bonds. The largest absolute Gasteiger partial charge is 0.185 e. The molecular formula is C9H12Cl2Si. The smallest absolute Gasteiger partial charge is 0.161 e. The maximum absolute atomic E-state index is 6.42. The first-order valence-electron chi connectivity index (χ1n) is 3.97. The van der Waals surface area contributed by atoms with Crippen molar-refractivity contribution in [2.24, 2.45) is 0 Å². The summed E-state index contributed by atoms with van der Waals surface area (Å²) in [5.41, 5.74) is 0. The van der Waals surface area contributed by atoms with E-state index in [2.05, 4.69) is 18.7 Å². The van der Waals surface area contributed by atoms with E-state index in [-0.39, 0.29) is 0 Å². The van der Waals surface area contributed by atoms with Crippen LogP contribution < -0.4 is 5.19 Å². The SMILES string of the molecule is C[Si](Cl)(CCCl)c1ccccc1. The molecule has 12 heavy (non-hydrogen) atoms. The third-order valence-electron chi connectivity index (χ3n) is 1.94. The molecule has 0 aliphatic heterocycles. The van der Waals surface area contributed by atoms with Crippen LogP contribution in [0.3, 0.4) is 0 Å². The molecule has 0 N–H and O–H groups in total. The van der Waals surface area contributed by atoms with Gasteiger partial charge in [-0.25, -0.2) is 0 Å². The minimum atomic E-state index is -1.74. The highest BCUT2D eigenvalue weighted by Gasteiger charge is 2.25. The summed E-state index contributed by atoms with van der Waals surface area (Å²) in [5.74, 6) is 0.654. The number of hydrogen-bond acceptors (Lipinski definition) is 0. The van der Waals surface area contributed by atoms with E-state index in [4.69, 9.17) is 22.7 Å².